The van der Waals surface area contributed by atoms with Gasteiger partial charge in [0.2, 0.25) is 5.91 Å². The van der Waals surface area contributed by atoms with Crippen LogP contribution in [0.2, 0.25) is 0 Å². The molecular weight excluding hydrogens is 370 g/mol. The summed E-state index contributed by atoms with van der Waals surface area (Å²) < 4.78 is 4.79. The molecule has 0 saturated carbocycles. The van der Waals surface area contributed by atoms with E-state index in [0.717, 1.165) is 16.8 Å². The smallest absolute Gasteiger partial charge is 0.339 e. The van der Waals surface area contributed by atoms with Crippen LogP contribution in [0.5, 0.6) is 0 Å². The van der Waals surface area contributed by atoms with Crippen LogP contribution in [-0.2, 0) is 9.53 Å². The molecule has 1 amide bonds. The molecule has 1 atom stereocenters. The fraction of sp³-hybridized carbons (Fsp3) is 0.409. The molecule has 0 bridgehead atoms. The molecule has 0 fully saturated rings. The number of benzene rings is 1. The van der Waals surface area contributed by atoms with Crippen molar-refractivity contribution in [2.24, 2.45) is 0 Å². The van der Waals surface area contributed by atoms with Crippen LogP contribution in [0.25, 0.3) is 0 Å². The minimum Gasteiger partial charge on any atom is -0.465 e. The van der Waals surface area contributed by atoms with E-state index in [-0.39, 0.29) is 18.2 Å². The average molecular weight is 399 g/mol. The van der Waals surface area contributed by atoms with Crippen LogP contribution in [-0.4, -0.2) is 54.3 Å². The highest BCUT2D eigenvalue weighted by Crippen LogP contribution is 2.21. The number of methoxy groups -OCH3 is 1. The van der Waals surface area contributed by atoms with Crippen LogP contribution >= 0.6 is 0 Å². The number of rotatable bonds is 7. The van der Waals surface area contributed by atoms with Gasteiger partial charge in [0.1, 0.15) is 0 Å². The molecule has 0 aliphatic rings. The Morgan fingerprint density at radius 3 is 2.41 bits per heavy atom. The molecule has 0 saturated heterocycles. The van der Waals surface area contributed by atoms with Gasteiger partial charge in [-0.15, -0.1) is 0 Å². The number of carbonyl (C=O) groups is 3. The third kappa shape index (κ3) is 4.74. The summed E-state index contributed by atoms with van der Waals surface area (Å²) in [7, 11) is 3.03. The van der Waals surface area contributed by atoms with Gasteiger partial charge in [-0.25, -0.2) is 4.79 Å². The highest BCUT2D eigenvalue weighted by atomic mass is 16.5. The molecule has 7 nitrogen and oxygen atoms in total. The maximum Gasteiger partial charge on any atom is 0.339 e. The number of ether oxygens (including phenoxy) is 1. The summed E-state index contributed by atoms with van der Waals surface area (Å²) in [5.41, 5.74) is 4.75. The lowest BCUT2D eigenvalue weighted by atomic mass is 10.0. The Morgan fingerprint density at radius 2 is 1.79 bits per heavy atom. The van der Waals surface area contributed by atoms with Gasteiger partial charge in [0.05, 0.1) is 31.0 Å². The van der Waals surface area contributed by atoms with Crippen LogP contribution in [0, 0.1) is 27.7 Å². The largest absolute Gasteiger partial charge is 0.465 e. The molecule has 0 aliphatic heterocycles. The van der Waals surface area contributed by atoms with E-state index in [9.17, 15) is 14.4 Å². The lowest BCUT2D eigenvalue weighted by Gasteiger charge is -2.23. The fourth-order valence-electron chi connectivity index (χ4n) is 3.25. The van der Waals surface area contributed by atoms with E-state index in [1.165, 1.54) is 7.11 Å². The number of hydrogen-bond acceptors (Lipinski definition) is 5. The second-order valence-electron chi connectivity index (χ2n) is 7.37. The van der Waals surface area contributed by atoms with Gasteiger partial charge in [-0.2, -0.15) is 0 Å². The van der Waals surface area contributed by atoms with Gasteiger partial charge in [-0.1, -0.05) is 12.1 Å². The zero-order valence-corrected chi connectivity index (χ0v) is 18.1. The summed E-state index contributed by atoms with van der Waals surface area (Å²) >= 11 is 0. The Labute approximate surface area is 171 Å². The van der Waals surface area contributed by atoms with Crippen molar-refractivity contribution in [2.45, 2.75) is 40.7 Å². The number of aryl methyl sites for hydroxylation is 2. The molecule has 2 rings (SSSR count). The number of likely N-dealkylation sites (N-methyl/N-ethyl adjacent to an activating group) is 1. The van der Waals surface area contributed by atoms with Gasteiger partial charge in [0, 0.05) is 11.4 Å². The molecule has 2 aromatic rings. The number of aromatic amines is 1. The fourth-order valence-corrected chi connectivity index (χ4v) is 3.25. The van der Waals surface area contributed by atoms with Crippen molar-refractivity contribution in [3.8, 4) is 0 Å². The van der Waals surface area contributed by atoms with E-state index in [2.05, 4.69) is 10.3 Å². The lowest BCUT2D eigenvalue weighted by molar-refractivity contribution is -0.117. The third-order valence-corrected chi connectivity index (χ3v) is 5.39. The van der Waals surface area contributed by atoms with Crippen molar-refractivity contribution in [3.63, 3.8) is 0 Å². The summed E-state index contributed by atoms with van der Waals surface area (Å²) in [5, 5.41) is 2.90. The first-order valence-corrected chi connectivity index (χ1v) is 9.46. The SMILES string of the molecule is COC(=O)c1c(C)[nH]c(C(=O)[C@@H](C)N(C)CC(=O)Nc2cccc(C)c2C)c1C. The molecule has 1 aromatic carbocycles. The third-order valence-electron chi connectivity index (χ3n) is 5.39. The van der Waals surface area contributed by atoms with Gasteiger partial charge in [0.25, 0.3) is 0 Å². The van der Waals surface area contributed by atoms with Gasteiger partial charge in [-0.3, -0.25) is 14.5 Å². The maximum absolute atomic E-state index is 13.0. The zero-order valence-electron chi connectivity index (χ0n) is 18.1. The van der Waals surface area contributed by atoms with E-state index >= 15 is 0 Å². The minimum atomic E-state index is -0.554. The Bertz CT molecular complexity index is 946. The van der Waals surface area contributed by atoms with E-state index in [1.807, 2.05) is 32.0 Å². The monoisotopic (exact) mass is 399 g/mol. The quantitative estimate of drug-likeness (QED) is 0.551. The number of carbonyl (C=O) groups excluding carboxylic acids is 3. The van der Waals surface area contributed by atoms with Gasteiger partial charge in [-0.05, 0) is 64.4 Å². The van der Waals surface area contributed by atoms with E-state index in [4.69, 9.17) is 4.74 Å². The predicted octanol–water partition coefficient (Wildman–Crippen LogP) is 3.18. The molecule has 2 N–H and O–H groups in total. The second-order valence-corrected chi connectivity index (χ2v) is 7.37. The van der Waals surface area contributed by atoms with Crippen molar-refractivity contribution in [3.05, 3.63) is 51.8 Å². The Kier molecular flexibility index (Phi) is 6.97. The van der Waals surface area contributed by atoms with Crippen LogP contribution in [0.3, 0.4) is 0 Å². The van der Waals surface area contributed by atoms with Crippen LogP contribution in [0.1, 0.15) is 50.2 Å². The van der Waals surface area contributed by atoms with Crippen LogP contribution in [0.15, 0.2) is 18.2 Å². The molecule has 1 aromatic heterocycles. The second kappa shape index (κ2) is 9.05. The minimum absolute atomic E-state index is 0.0584. The number of esters is 1. The number of ketones is 1. The molecule has 1 heterocycles. The standard InChI is InChI=1S/C22H29N3O4/c1-12-9-8-10-17(13(12)2)24-18(26)11-25(6)16(5)21(27)20-14(3)19(15(4)23-20)22(28)29-7/h8-10,16,23H,11H2,1-7H3,(H,24,26)/t16-/m1/s1. The molecule has 0 aliphatic carbocycles. The number of aromatic nitrogens is 1. The summed E-state index contributed by atoms with van der Waals surface area (Å²) in [6.07, 6.45) is 0. The number of Topliss-reactive ketones (excluding diaryl/α,β-unsaturated/α-hetero) is 1. The summed E-state index contributed by atoms with van der Waals surface area (Å²) in [4.78, 5) is 42.1. The molecule has 0 spiro atoms. The number of H-pyrrole nitrogens is 1. The number of nitrogens with zero attached hydrogens (tertiary/aromatic N) is 1. The van der Waals surface area contributed by atoms with Crippen molar-refractivity contribution < 1.29 is 19.1 Å². The van der Waals surface area contributed by atoms with E-state index < -0.39 is 12.0 Å². The highest BCUT2D eigenvalue weighted by Gasteiger charge is 2.28. The van der Waals surface area contributed by atoms with Crippen molar-refractivity contribution >= 4 is 23.3 Å². The molecule has 156 valence electrons. The number of anilines is 1. The predicted molar refractivity (Wildman–Crippen MR) is 113 cm³/mol. The summed E-state index contributed by atoms with van der Waals surface area (Å²) in [6, 6.07) is 5.18. The molecule has 0 unspecified atom stereocenters. The van der Waals surface area contributed by atoms with E-state index in [1.54, 1.807) is 32.7 Å². The number of hydrogen-bond donors (Lipinski definition) is 2. The van der Waals surface area contributed by atoms with Crippen LogP contribution in [0.4, 0.5) is 5.69 Å². The van der Waals surface area contributed by atoms with Crippen molar-refractivity contribution in [1.29, 1.82) is 0 Å². The number of amides is 1. The first kappa shape index (κ1) is 22.4. The van der Waals surface area contributed by atoms with Gasteiger partial charge in [0.15, 0.2) is 5.78 Å². The Hall–Kier alpha value is -2.93. The lowest BCUT2D eigenvalue weighted by Crippen LogP contribution is -2.41. The Morgan fingerprint density at radius 1 is 1.14 bits per heavy atom. The van der Waals surface area contributed by atoms with Crippen molar-refractivity contribution in [2.75, 3.05) is 26.0 Å². The van der Waals surface area contributed by atoms with Gasteiger partial charge < -0.3 is 15.0 Å². The molecular formula is C22H29N3O4. The zero-order chi connectivity index (χ0) is 21.9. The first-order valence-electron chi connectivity index (χ1n) is 9.46. The topological polar surface area (TPSA) is 91.5 Å². The first-order chi connectivity index (χ1) is 13.6. The van der Waals surface area contributed by atoms with Gasteiger partial charge >= 0.3 is 5.97 Å². The average Bonchev–Trinajstić information content (AvgIpc) is 2.97. The number of nitrogens with one attached hydrogen (secondary N) is 2. The highest BCUT2D eigenvalue weighted by molar-refractivity contribution is 6.04. The molecule has 29 heavy (non-hydrogen) atoms. The maximum atomic E-state index is 13.0. The summed E-state index contributed by atoms with van der Waals surface area (Å²) in [5.74, 6) is -0.873. The molecule has 7 heteroatoms. The summed E-state index contributed by atoms with van der Waals surface area (Å²) in [6.45, 7) is 9.17. The Balaban J connectivity index is 2.11. The van der Waals surface area contributed by atoms with Crippen LogP contribution < -0.4 is 5.32 Å². The van der Waals surface area contributed by atoms with E-state index in [0.29, 0.717) is 22.5 Å². The normalized spacial score (nSPS) is 12.0. The van der Waals surface area contributed by atoms with Crippen molar-refractivity contribution in [1.82, 2.24) is 9.88 Å². The molecule has 0 radical (unpaired) electrons.